The van der Waals surface area contributed by atoms with Gasteiger partial charge in [0.2, 0.25) is 0 Å². The molecule has 3 fully saturated rings. The van der Waals surface area contributed by atoms with E-state index in [9.17, 15) is 9.59 Å². The Morgan fingerprint density at radius 2 is 1.32 bits per heavy atom. The highest BCUT2D eigenvalue weighted by Gasteiger charge is 2.63. The summed E-state index contributed by atoms with van der Waals surface area (Å²) in [5.41, 5.74) is 0. The lowest BCUT2D eigenvalue weighted by atomic mass is 9.69. The molecule has 0 heterocycles. The van der Waals surface area contributed by atoms with Crippen molar-refractivity contribution < 1.29 is 19.1 Å². The highest BCUT2D eigenvalue weighted by atomic mass is 16.5. The number of rotatable bonds is 6. The first kappa shape index (κ1) is 15.3. The van der Waals surface area contributed by atoms with Crippen LogP contribution in [0.4, 0.5) is 0 Å². The van der Waals surface area contributed by atoms with Gasteiger partial charge in [0, 0.05) is 0 Å². The molecule has 4 nitrogen and oxygen atoms in total. The van der Waals surface area contributed by atoms with E-state index >= 15 is 0 Å². The van der Waals surface area contributed by atoms with Gasteiger partial charge >= 0.3 is 11.9 Å². The van der Waals surface area contributed by atoms with Crippen molar-refractivity contribution in [3.8, 4) is 0 Å². The average molecular weight is 304 g/mol. The van der Waals surface area contributed by atoms with Crippen LogP contribution in [0, 0.1) is 35.5 Å². The van der Waals surface area contributed by atoms with E-state index in [-0.39, 0.29) is 48.8 Å². The van der Waals surface area contributed by atoms with Gasteiger partial charge in [-0.3, -0.25) is 9.59 Å². The van der Waals surface area contributed by atoms with Crippen LogP contribution in [-0.2, 0) is 19.1 Å². The van der Waals surface area contributed by atoms with Gasteiger partial charge in [-0.25, -0.2) is 0 Å². The molecule has 3 aliphatic rings. The van der Waals surface area contributed by atoms with E-state index in [0.29, 0.717) is 11.8 Å². The fourth-order valence-corrected chi connectivity index (χ4v) is 5.22. The molecular weight excluding hydrogens is 280 g/mol. The van der Waals surface area contributed by atoms with Gasteiger partial charge in [-0.1, -0.05) is 31.7 Å². The molecule has 0 aromatic rings. The van der Waals surface area contributed by atoms with E-state index in [0.717, 1.165) is 6.42 Å². The predicted octanol–water partition coefficient (Wildman–Crippen LogP) is 2.74. The Labute approximate surface area is 131 Å². The monoisotopic (exact) mass is 304 g/mol. The highest BCUT2D eigenvalue weighted by Crippen LogP contribution is 2.63. The Morgan fingerprint density at radius 1 is 0.864 bits per heavy atom. The van der Waals surface area contributed by atoms with Gasteiger partial charge in [0.25, 0.3) is 0 Å². The topological polar surface area (TPSA) is 52.6 Å². The number of carbonyl (C=O) groups excluding carboxylic acids is 2. The third-order valence-corrected chi connectivity index (χ3v) is 5.81. The van der Waals surface area contributed by atoms with Crippen molar-refractivity contribution in [2.24, 2.45) is 35.5 Å². The molecule has 0 saturated heterocycles. The number of fused-ring (bicyclic) bond motifs is 5. The van der Waals surface area contributed by atoms with Gasteiger partial charge in [-0.2, -0.15) is 0 Å². The van der Waals surface area contributed by atoms with Crippen LogP contribution in [0.5, 0.6) is 0 Å². The fourth-order valence-electron chi connectivity index (χ4n) is 5.22. The van der Waals surface area contributed by atoms with Crippen LogP contribution in [0.25, 0.3) is 0 Å². The molecule has 0 aromatic carbocycles. The van der Waals surface area contributed by atoms with Gasteiger partial charge in [-0.15, -0.1) is 0 Å². The van der Waals surface area contributed by atoms with Crippen LogP contribution in [0.3, 0.4) is 0 Å². The van der Waals surface area contributed by atoms with Crippen molar-refractivity contribution in [3.63, 3.8) is 0 Å². The zero-order valence-corrected chi connectivity index (χ0v) is 12.9. The number of carbonyl (C=O) groups is 2. The lowest BCUT2D eigenvalue weighted by molar-refractivity contribution is -0.164. The van der Waals surface area contributed by atoms with Crippen LogP contribution in [0.1, 0.15) is 25.7 Å². The second-order valence-electron chi connectivity index (χ2n) is 6.71. The first-order chi connectivity index (χ1) is 10.7. The minimum atomic E-state index is -0.332. The molecule has 0 aliphatic heterocycles. The minimum Gasteiger partial charge on any atom is -0.461 e. The van der Waals surface area contributed by atoms with Gasteiger partial charge in [0.05, 0.1) is 11.8 Å². The SMILES string of the molecule is C=CCOC(=O)C1C2CC(C3CCCC32)C1C(=O)OCC=C. The molecule has 6 atom stereocenters. The molecule has 0 spiro atoms. The fraction of sp³-hybridized carbons (Fsp3) is 0.667. The number of hydrogen-bond acceptors (Lipinski definition) is 4. The molecule has 3 saturated carbocycles. The van der Waals surface area contributed by atoms with E-state index in [4.69, 9.17) is 9.47 Å². The van der Waals surface area contributed by atoms with Gasteiger partial charge in [-0.05, 0) is 42.9 Å². The zero-order chi connectivity index (χ0) is 15.7. The van der Waals surface area contributed by atoms with Crippen molar-refractivity contribution in [1.82, 2.24) is 0 Å². The van der Waals surface area contributed by atoms with E-state index in [1.54, 1.807) is 12.2 Å². The van der Waals surface area contributed by atoms with Crippen molar-refractivity contribution >= 4 is 11.9 Å². The standard InChI is InChI=1S/C18H24O4/c1-3-8-21-17(19)15-13-10-14(12-7-5-6-11(12)13)16(15)18(20)22-9-4-2/h3-4,11-16H,1-2,5-10H2. The zero-order valence-electron chi connectivity index (χ0n) is 12.9. The van der Waals surface area contributed by atoms with E-state index in [2.05, 4.69) is 13.2 Å². The Morgan fingerprint density at radius 3 is 1.73 bits per heavy atom. The summed E-state index contributed by atoms with van der Waals surface area (Å²) >= 11 is 0. The number of hydrogen-bond donors (Lipinski definition) is 0. The van der Waals surface area contributed by atoms with Crippen LogP contribution in [0.2, 0.25) is 0 Å². The van der Waals surface area contributed by atoms with E-state index < -0.39 is 0 Å². The quantitative estimate of drug-likeness (QED) is 0.559. The van der Waals surface area contributed by atoms with E-state index in [1.807, 2.05) is 0 Å². The van der Waals surface area contributed by atoms with Gasteiger partial charge in [0.1, 0.15) is 13.2 Å². The second-order valence-corrected chi connectivity index (χ2v) is 6.71. The van der Waals surface area contributed by atoms with Crippen molar-refractivity contribution in [1.29, 1.82) is 0 Å². The maximum absolute atomic E-state index is 12.5. The van der Waals surface area contributed by atoms with Crippen LogP contribution < -0.4 is 0 Å². The first-order valence-corrected chi connectivity index (χ1v) is 8.24. The summed E-state index contributed by atoms with van der Waals surface area (Å²) in [5, 5.41) is 0. The number of ether oxygens (including phenoxy) is 2. The molecule has 3 aliphatic carbocycles. The van der Waals surface area contributed by atoms with Crippen molar-refractivity contribution in [3.05, 3.63) is 25.3 Å². The predicted molar refractivity (Wildman–Crippen MR) is 81.7 cm³/mol. The molecule has 0 radical (unpaired) electrons. The molecule has 3 rings (SSSR count). The summed E-state index contributed by atoms with van der Waals surface area (Å²) in [6.45, 7) is 7.56. The maximum Gasteiger partial charge on any atom is 0.310 e. The summed E-state index contributed by atoms with van der Waals surface area (Å²) < 4.78 is 10.6. The third-order valence-electron chi connectivity index (χ3n) is 5.81. The summed E-state index contributed by atoms with van der Waals surface area (Å²) in [6.07, 6.45) is 7.68. The lowest BCUT2D eigenvalue weighted by Gasteiger charge is -2.35. The van der Waals surface area contributed by atoms with Crippen molar-refractivity contribution in [2.75, 3.05) is 13.2 Å². The minimum absolute atomic E-state index is 0.204. The third kappa shape index (κ3) is 2.38. The Bertz CT molecular complexity index is 441. The van der Waals surface area contributed by atoms with Gasteiger partial charge in [0.15, 0.2) is 0 Å². The van der Waals surface area contributed by atoms with Gasteiger partial charge < -0.3 is 9.47 Å². The second kappa shape index (κ2) is 6.27. The Hall–Kier alpha value is -1.58. The average Bonchev–Trinajstić information content (AvgIpc) is 3.20. The molecule has 2 bridgehead atoms. The van der Waals surface area contributed by atoms with Crippen LogP contribution in [0.15, 0.2) is 25.3 Å². The largest absolute Gasteiger partial charge is 0.461 e. The maximum atomic E-state index is 12.5. The molecule has 22 heavy (non-hydrogen) atoms. The summed E-state index contributed by atoms with van der Waals surface area (Å²) in [7, 11) is 0. The molecule has 120 valence electrons. The van der Waals surface area contributed by atoms with E-state index in [1.165, 1.54) is 19.3 Å². The summed E-state index contributed by atoms with van der Waals surface area (Å²) in [4.78, 5) is 24.9. The summed E-state index contributed by atoms with van der Waals surface area (Å²) in [6, 6.07) is 0. The number of esters is 2. The molecule has 4 heteroatoms. The summed E-state index contributed by atoms with van der Waals surface area (Å²) in [5.74, 6) is 0.594. The highest BCUT2D eigenvalue weighted by molar-refractivity contribution is 5.84. The molecule has 6 unspecified atom stereocenters. The molecule has 0 amide bonds. The lowest BCUT2D eigenvalue weighted by Crippen LogP contribution is -2.42. The molecular formula is C18H24O4. The first-order valence-electron chi connectivity index (χ1n) is 8.24. The Balaban J connectivity index is 1.80. The smallest absolute Gasteiger partial charge is 0.310 e. The van der Waals surface area contributed by atoms with Crippen molar-refractivity contribution in [2.45, 2.75) is 25.7 Å². The molecule has 0 aromatic heterocycles. The Kier molecular flexibility index (Phi) is 4.37. The normalized spacial score (nSPS) is 38.4. The van der Waals surface area contributed by atoms with Crippen LogP contribution >= 0.6 is 0 Å². The molecule has 0 N–H and O–H groups in total. The van der Waals surface area contributed by atoms with Crippen LogP contribution in [-0.4, -0.2) is 25.2 Å².